The van der Waals surface area contributed by atoms with Gasteiger partial charge in [0.25, 0.3) is 0 Å². The number of hydrogen-bond acceptors (Lipinski definition) is 2. The summed E-state index contributed by atoms with van der Waals surface area (Å²) in [6.45, 7) is -0.200. The number of aliphatic hydroxyl groups is 2. The Hall–Kier alpha value is -0.860. The third-order valence-electron chi connectivity index (χ3n) is 2.52. The lowest BCUT2D eigenvalue weighted by atomic mass is 10.0. The molecule has 0 spiro atoms. The Labute approximate surface area is 77.8 Å². The average Bonchev–Trinajstić information content (AvgIpc) is 3.00. The van der Waals surface area contributed by atoms with E-state index in [0.29, 0.717) is 5.92 Å². The normalized spacial score (nSPS) is 18.6. The highest BCUT2D eigenvalue weighted by molar-refractivity contribution is 5.30. The van der Waals surface area contributed by atoms with Crippen LogP contribution in [0.5, 0.6) is 0 Å². The molecule has 0 amide bonds. The molecule has 1 fully saturated rings. The first-order chi connectivity index (χ1) is 6.31. The largest absolute Gasteiger partial charge is 0.393 e. The quantitative estimate of drug-likeness (QED) is 0.738. The third-order valence-corrected chi connectivity index (χ3v) is 2.52. The second-order valence-electron chi connectivity index (χ2n) is 3.64. The van der Waals surface area contributed by atoms with E-state index in [0.717, 1.165) is 5.56 Å². The highest BCUT2D eigenvalue weighted by atomic mass is 16.3. The number of benzene rings is 1. The van der Waals surface area contributed by atoms with E-state index in [1.807, 2.05) is 18.2 Å². The second-order valence-corrected chi connectivity index (χ2v) is 3.64. The minimum Gasteiger partial charge on any atom is -0.393 e. The number of aliphatic hydroxyl groups excluding tert-OH is 2. The molecular formula is C11H14O2. The molecule has 0 unspecified atom stereocenters. The SMILES string of the molecule is OC[C@H](O)c1cccc(C2CC2)c1. The van der Waals surface area contributed by atoms with Crippen LogP contribution in [0.4, 0.5) is 0 Å². The summed E-state index contributed by atoms with van der Waals surface area (Å²) in [6.07, 6.45) is 1.80. The lowest BCUT2D eigenvalue weighted by Gasteiger charge is -2.08. The van der Waals surface area contributed by atoms with Crippen molar-refractivity contribution in [2.45, 2.75) is 24.9 Å². The van der Waals surface area contributed by atoms with E-state index >= 15 is 0 Å². The van der Waals surface area contributed by atoms with Gasteiger partial charge in [0.1, 0.15) is 6.10 Å². The summed E-state index contributed by atoms with van der Waals surface area (Å²) in [5.74, 6) is 0.700. The van der Waals surface area contributed by atoms with Gasteiger partial charge in [-0.1, -0.05) is 24.3 Å². The molecule has 2 rings (SSSR count). The molecule has 1 atom stereocenters. The van der Waals surface area contributed by atoms with Crippen molar-refractivity contribution in [2.75, 3.05) is 6.61 Å². The summed E-state index contributed by atoms with van der Waals surface area (Å²) in [6, 6.07) is 7.89. The fourth-order valence-corrected chi connectivity index (χ4v) is 1.54. The van der Waals surface area contributed by atoms with Crippen LogP contribution in [0.15, 0.2) is 24.3 Å². The molecule has 0 bridgehead atoms. The second kappa shape index (κ2) is 3.48. The Balaban J connectivity index is 2.21. The van der Waals surface area contributed by atoms with Crippen molar-refractivity contribution < 1.29 is 10.2 Å². The molecule has 2 N–H and O–H groups in total. The first-order valence-electron chi connectivity index (χ1n) is 4.70. The van der Waals surface area contributed by atoms with Crippen LogP contribution < -0.4 is 0 Å². The summed E-state index contributed by atoms with van der Waals surface area (Å²) >= 11 is 0. The predicted molar refractivity (Wildman–Crippen MR) is 50.5 cm³/mol. The molecule has 1 aliphatic carbocycles. The molecule has 1 saturated carbocycles. The maximum absolute atomic E-state index is 9.41. The lowest BCUT2D eigenvalue weighted by molar-refractivity contribution is 0.0955. The zero-order chi connectivity index (χ0) is 9.26. The summed E-state index contributed by atoms with van der Waals surface area (Å²) in [5, 5.41) is 18.2. The minimum atomic E-state index is -0.723. The summed E-state index contributed by atoms with van der Waals surface area (Å²) in [4.78, 5) is 0. The summed E-state index contributed by atoms with van der Waals surface area (Å²) in [7, 11) is 0. The Morgan fingerprint density at radius 1 is 1.38 bits per heavy atom. The Morgan fingerprint density at radius 2 is 2.15 bits per heavy atom. The molecule has 2 heteroatoms. The maximum Gasteiger partial charge on any atom is 0.102 e. The number of rotatable bonds is 3. The molecule has 0 aromatic heterocycles. The van der Waals surface area contributed by atoms with Crippen LogP contribution in [0.1, 0.15) is 36.0 Å². The van der Waals surface area contributed by atoms with E-state index in [2.05, 4.69) is 6.07 Å². The van der Waals surface area contributed by atoms with Crippen molar-refractivity contribution in [3.8, 4) is 0 Å². The molecule has 2 nitrogen and oxygen atoms in total. The van der Waals surface area contributed by atoms with Gasteiger partial charge in [-0.15, -0.1) is 0 Å². The summed E-state index contributed by atoms with van der Waals surface area (Å²) < 4.78 is 0. The molecule has 1 aliphatic rings. The molecule has 0 radical (unpaired) electrons. The molecule has 0 heterocycles. The van der Waals surface area contributed by atoms with E-state index < -0.39 is 6.10 Å². The third kappa shape index (κ3) is 1.90. The molecule has 1 aromatic carbocycles. The van der Waals surface area contributed by atoms with Crippen LogP contribution in [0.25, 0.3) is 0 Å². The van der Waals surface area contributed by atoms with E-state index in [9.17, 15) is 5.11 Å². The fourth-order valence-electron chi connectivity index (χ4n) is 1.54. The van der Waals surface area contributed by atoms with Gasteiger partial charge in [0, 0.05) is 0 Å². The van der Waals surface area contributed by atoms with Crippen LogP contribution in [0, 0.1) is 0 Å². The van der Waals surface area contributed by atoms with Crippen molar-refractivity contribution in [3.63, 3.8) is 0 Å². The Bertz CT molecular complexity index is 292. The van der Waals surface area contributed by atoms with Crippen molar-refractivity contribution in [1.82, 2.24) is 0 Å². The van der Waals surface area contributed by atoms with Crippen LogP contribution in [0.2, 0.25) is 0 Å². The molecular weight excluding hydrogens is 164 g/mol. The number of hydrogen-bond donors (Lipinski definition) is 2. The van der Waals surface area contributed by atoms with Crippen LogP contribution in [0.3, 0.4) is 0 Å². The van der Waals surface area contributed by atoms with Gasteiger partial charge >= 0.3 is 0 Å². The van der Waals surface area contributed by atoms with Crippen molar-refractivity contribution in [1.29, 1.82) is 0 Å². The fraction of sp³-hybridized carbons (Fsp3) is 0.455. The highest BCUT2D eigenvalue weighted by Crippen LogP contribution is 2.40. The van der Waals surface area contributed by atoms with E-state index in [1.54, 1.807) is 0 Å². The van der Waals surface area contributed by atoms with E-state index in [4.69, 9.17) is 5.11 Å². The predicted octanol–water partition coefficient (Wildman–Crippen LogP) is 1.59. The standard InChI is InChI=1S/C11H14O2/c12-7-11(13)10-3-1-2-9(6-10)8-4-5-8/h1-3,6,8,11-13H,4-5,7H2/t11-/m0/s1. The Kier molecular flexibility index (Phi) is 2.34. The Morgan fingerprint density at radius 3 is 2.77 bits per heavy atom. The van der Waals surface area contributed by atoms with Gasteiger partial charge in [0.2, 0.25) is 0 Å². The zero-order valence-electron chi connectivity index (χ0n) is 7.48. The van der Waals surface area contributed by atoms with Gasteiger partial charge in [0.15, 0.2) is 0 Å². The molecule has 0 saturated heterocycles. The van der Waals surface area contributed by atoms with Gasteiger partial charge in [-0.05, 0) is 29.9 Å². The van der Waals surface area contributed by atoms with Crippen molar-refractivity contribution in [3.05, 3.63) is 35.4 Å². The van der Waals surface area contributed by atoms with Gasteiger partial charge in [0.05, 0.1) is 6.61 Å². The van der Waals surface area contributed by atoms with Crippen LogP contribution in [-0.2, 0) is 0 Å². The van der Waals surface area contributed by atoms with E-state index in [1.165, 1.54) is 18.4 Å². The van der Waals surface area contributed by atoms with Crippen LogP contribution in [-0.4, -0.2) is 16.8 Å². The van der Waals surface area contributed by atoms with Gasteiger partial charge in [-0.25, -0.2) is 0 Å². The van der Waals surface area contributed by atoms with Gasteiger partial charge in [-0.2, -0.15) is 0 Å². The topological polar surface area (TPSA) is 40.5 Å². The monoisotopic (exact) mass is 178 g/mol. The first-order valence-corrected chi connectivity index (χ1v) is 4.70. The highest BCUT2D eigenvalue weighted by Gasteiger charge is 2.23. The van der Waals surface area contributed by atoms with Gasteiger partial charge in [-0.3, -0.25) is 0 Å². The van der Waals surface area contributed by atoms with Crippen molar-refractivity contribution in [2.24, 2.45) is 0 Å². The summed E-state index contributed by atoms with van der Waals surface area (Å²) in [5.41, 5.74) is 2.12. The molecule has 1 aromatic rings. The molecule has 0 aliphatic heterocycles. The van der Waals surface area contributed by atoms with E-state index in [-0.39, 0.29) is 6.61 Å². The zero-order valence-corrected chi connectivity index (χ0v) is 7.48. The minimum absolute atomic E-state index is 0.200. The molecule has 70 valence electrons. The smallest absolute Gasteiger partial charge is 0.102 e. The maximum atomic E-state index is 9.41. The molecule has 13 heavy (non-hydrogen) atoms. The average molecular weight is 178 g/mol. The first kappa shape index (κ1) is 8.73. The van der Waals surface area contributed by atoms with Gasteiger partial charge < -0.3 is 10.2 Å². The van der Waals surface area contributed by atoms with Crippen molar-refractivity contribution >= 4 is 0 Å². The van der Waals surface area contributed by atoms with Crippen LogP contribution >= 0.6 is 0 Å². The lowest BCUT2D eigenvalue weighted by Crippen LogP contribution is -2.02.